The summed E-state index contributed by atoms with van der Waals surface area (Å²) in [4.78, 5) is 34.8. The summed E-state index contributed by atoms with van der Waals surface area (Å²) in [6.45, 7) is 1.27. The van der Waals surface area contributed by atoms with Crippen molar-refractivity contribution in [2.75, 3.05) is 37.0 Å². The number of ether oxygens (including phenoxy) is 4. The van der Waals surface area contributed by atoms with Crippen molar-refractivity contribution in [3.63, 3.8) is 0 Å². The van der Waals surface area contributed by atoms with E-state index in [-0.39, 0.29) is 54.9 Å². The SMILES string of the molecule is COc1ccc2nc(N3C4CNCC3C4)sc2c1C(=O)Nc1cc2c(cc1C(=O)NC13CCC(C(F)(F)F)(CC1)OC3)OC(F)(F)O2. The van der Waals surface area contributed by atoms with Crippen molar-refractivity contribution in [1.82, 2.24) is 15.6 Å². The lowest BCUT2D eigenvalue weighted by molar-refractivity contribution is -0.317. The number of thiazole rings is 1. The Morgan fingerprint density at radius 3 is 2.38 bits per heavy atom. The van der Waals surface area contributed by atoms with Gasteiger partial charge in [-0.1, -0.05) is 11.3 Å². The van der Waals surface area contributed by atoms with E-state index >= 15 is 0 Å². The molecule has 0 spiro atoms. The predicted molar refractivity (Wildman–Crippen MR) is 158 cm³/mol. The first-order chi connectivity index (χ1) is 22.3. The Labute approximate surface area is 267 Å². The molecule has 2 unspecified atom stereocenters. The summed E-state index contributed by atoms with van der Waals surface area (Å²) in [5.74, 6) is -2.18. The number of nitrogens with zero attached hydrogens (tertiary/aromatic N) is 2. The van der Waals surface area contributed by atoms with Crippen LogP contribution >= 0.6 is 11.3 Å². The normalized spacial score (nSPS) is 28.6. The number of hydrogen-bond acceptors (Lipinski definition) is 10. The number of fused-ring (bicyclic) bond motifs is 7. The molecule has 17 heteroatoms. The molecular formula is C30H28F5N5O6S. The number of carbonyl (C=O) groups excluding carboxylic acids is 2. The fraction of sp³-hybridized carbons (Fsp3) is 0.500. The monoisotopic (exact) mass is 681 g/mol. The van der Waals surface area contributed by atoms with Crippen LogP contribution in [-0.4, -0.2) is 79.3 Å². The molecule has 6 aliphatic rings. The van der Waals surface area contributed by atoms with Crippen LogP contribution in [-0.2, 0) is 4.74 Å². The average molecular weight is 682 g/mol. The van der Waals surface area contributed by atoms with E-state index in [1.807, 2.05) is 0 Å². The highest BCUT2D eigenvalue weighted by Gasteiger charge is 2.63. The van der Waals surface area contributed by atoms with Gasteiger partial charge in [0.2, 0.25) is 0 Å². The van der Waals surface area contributed by atoms with Gasteiger partial charge in [-0.05, 0) is 50.3 Å². The van der Waals surface area contributed by atoms with Crippen molar-refractivity contribution >= 4 is 44.2 Å². The van der Waals surface area contributed by atoms with E-state index in [0.717, 1.165) is 36.8 Å². The van der Waals surface area contributed by atoms with Crippen LogP contribution in [0.5, 0.6) is 17.2 Å². The summed E-state index contributed by atoms with van der Waals surface area (Å²) in [5, 5.41) is 9.55. The molecule has 9 rings (SSSR count). The van der Waals surface area contributed by atoms with Gasteiger partial charge in [0.05, 0.1) is 40.7 Å². The fourth-order valence-corrected chi connectivity index (χ4v) is 8.50. The molecule has 4 saturated heterocycles. The first-order valence-corrected chi connectivity index (χ1v) is 15.9. The van der Waals surface area contributed by atoms with Gasteiger partial charge in [-0.25, -0.2) is 4.98 Å². The molecule has 5 aliphatic heterocycles. The molecule has 2 aromatic carbocycles. The highest BCUT2D eigenvalue weighted by molar-refractivity contribution is 7.22. The molecule has 5 fully saturated rings. The molecule has 6 heterocycles. The van der Waals surface area contributed by atoms with E-state index in [1.165, 1.54) is 18.4 Å². The lowest BCUT2D eigenvalue weighted by Gasteiger charge is -2.53. The summed E-state index contributed by atoms with van der Waals surface area (Å²) < 4.78 is 89.6. The van der Waals surface area contributed by atoms with E-state index < -0.39 is 46.9 Å². The molecule has 1 aliphatic carbocycles. The molecule has 3 aromatic rings. The summed E-state index contributed by atoms with van der Waals surface area (Å²) >= 11 is 1.32. The highest BCUT2D eigenvalue weighted by Crippen LogP contribution is 2.52. The molecule has 2 atom stereocenters. The summed E-state index contributed by atoms with van der Waals surface area (Å²) in [6, 6.07) is 5.98. The van der Waals surface area contributed by atoms with Crippen molar-refractivity contribution < 1.29 is 50.5 Å². The van der Waals surface area contributed by atoms with Crippen LogP contribution in [0.1, 0.15) is 52.8 Å². The van der Waals surface area contributed by atoms with Crippen LogP contribution in [0.4, 0.5) is 32.8 Å². The summed E-state index contributed by atoms with van der Waals surface area (Å²) in [7, 11) is 1.40. The first-order valence-electron chi connectivity index (χ1n) is 15.0. The maximum absolute atomic E-state index is 14.0. The van der Waals surface area contributed by atoms with Crippen molar-refractivity contribution in [2.24, 2.45) is 0 Å². The minimum Gasteiger partial charge on any atom is -0.496 e. The number of carbonyl (C=O) groups is 2. The minimum absolute atomic E-state index is 0.00966. The Bertz CT molecular complexity index is 1780. The van der Waals surface area contributed by atoms with E-state index in [0.29, 0.717) is 22.3 Å². The van der Waals surface area contributed by atoms with Crippen molar-refractivity contribution in [2.45, 2.75) is 67.8 Å². The number of methoxy groups -OCH3 is 1. The number of alkyl halides is 5. The molecule has 11 nitrogen and oxygen atoms in total. The van der Waals surface area contributed by atoms with Gasteiger partial charge in [-0.15, -0.1) is 8.78 Å². The zero-order chi connectivity index (χ0) is 32.9. The van der Waals surface area contributed by atoms with Crippen LogP contribution < -0.4 is 35.1 Å². The second-order valence-corrected chi connectivity index (χ2v) is 13.6. The zero-order valence-corrected chi connectivity index (χ0v) is 25.6. The predicted octanol–water partition coefficient (Wildman–Crippen LogP) is 4.80. The molecule has 47 heavy (non-hydrogen) atoms. The smallest absolute Gasteiger partial charge is 0.496 e. The Morgan fingerprint density at radius 1 is 1.06 bits per heavy atom. The van der Waals surface area contributed by atoms with E-state index in [4.69, 9.17) is 14.5 Å². The Hall–Kier alpha value is -3.96. The fourth-order valence-electron chi connectivity index (χ4n) is 7.26. The minimum atomic E-state index is -4.56. The number of hydrogen-bond donors (Lipinski definition) is 3. The van der Waals surface area contributed by atoms with Gasteiger partial charge in [0, 0.05) is 31.2 Å². The van der Waals surface area contributed by atoms with Gasteiger partial charge in [0.25, 0.3) is 11.8 Å². The third-order valence-electron chi connectivity index (χ3n) is 9.84. The summed E-state index contributed by atoms with van der Waals surface area (Å²) in [6.07, 6.45) is -8.23. The molecule has 250 valence electrons. The van der Waals surface area contributed by atoms with Crippen molar-refractivity contribution in [3.05, 3.63) is 35.4 Å². The number of anilines is 2. The van der Waals surface area contributed by atoms with Gasteiger partial charge < -0.3 is 39.8 Å². The first kappa shape index (κ1) is 30.4. The van der Waals surface area contributed by atoms with E-state index in [2.05, 4.69) is 30.3 Å². The van der Waals surface area contributed by atoms with Crippen LogP contribution in [0.3, 0.4) is 0 Å². The number of rotatable bonds is 6. The molecule has 0 radical (unpaired) electrons. The highest BCUT2D eigenvalue weighted by atomic mass is 32.1. The van der Waals surface area contributed by atoms with Crippen molar-refractivity contribution in [3.8, 4) is 17.2 Å². The number of nitrogens with one attached hydrogen (secondary N) is 3. The number of aromatic nitrogens is 1. The third kappa shape index (κ3) is 4.84. The lowest BCUT2D eigenvalue weighted by atomic mass is 9.70. The van der Waals surface area contributed by atoms with Gasteiger partial charge in [0.15, 0.2) is 22.2 Å². The van der Waals surface area contributed by atoms with Gasteiger partial charge in [0.1, 0.15) is 11.3 Å². The van der Waals surface area contributed by atoms with Gasteiger partial charge in [-0.2, -0.15) is 13.2 Å². The number of amides is 2. The zero-order valence-electron chi connectivity index (χ0n) is 24.8. The largest absolute Gasteiger partial charge is 0.586 e. The molecule has 2 amide bonds. The molecule has 1 saturated carbocycles. The lowest BCUT2D eigenvalue weighted by Crippen LogP contribution is -2.68. The topological polar surface area (TPSA) is 123 Å². The quantitative estimate of drug-likeness (QED) is 0.315. The van der Waals surface area contributed by atoms with Crippen LogP contribution in [0.2, 0.25) is 0 Å². The standard InChI is InChI=1S/C30H28F5N5O6S/c1-43-19-3-2-17-23(47-26(38-17)40-14-8-15(40)12-36-11-14)22(19)25(42)37-18-10-21-20(45-30(34,35)46-21)9-16(18)24(41)39-27-4-6-28(7-5-27,44-13-27)29(31,32)33/h2-3,9-10,14-15,36H,4-8,11-13H2,1H3,(H,37,42)(H,39,41). The number of piperazine rings is 1. The molecule has 1 aromatic heterocycles. The third-order valence-corrected chi connectivity index (χ3v) is 10.9. The summed E-state index contributed by atoms with van der Waals surface area (Å²) in [5.41, 5.74) is -3.14. The Balaban J connectivity index is 1.11. The van der Waals surface area contributed by atoms with Crippen LogP contribution in [0.15, 0.2) is 24.3 Å². The van der Waals surface area contributed by atoms with Crippen LogP contribution in [0.25, 0.3) is 10.2 Å². The number of halogens is 5. The molecule has 4 bridgehead atoms. The number of piperidine rings is 1. The average Bonchev–Trinajstić information content (AvgIpc) is 3.58. The second kappa shape index (κ2) is 10.3. The maximum Gasteiger partial charge on any atom is 0.586 e. The Morgan fingerprint density at radius 2 is 1.77 bits per heavy atom. The van der Waals surface area contributed by atoms with Gasteiger partial charge >= 0.3 is 12.5 Å². The van der Waals surface area contributed by atoms with E-state index in [9.17, 15) is 31.5 Å². The van der Waals surface area contributed by atoms with Crippen LogP contribution in [0, 0.1) is 0 Å². The van der Waals surface area contributed by atoms with Gasteiger partial charge in [-0.3, -0.25) is 9.59 Å². The number of benzene rings is 2. The second-order valence-electron chi connectivity index (χ2n) is 12.6. The van der Waals surface area contributed by atoms with Crippen molar-refractivity contribution in [1.29, 1.82) is 0 Å². The molecule has 3 N–H and O–H groups in total. The molecular weight excluding hydrogens is 653 g/mol. The maximum atomic E-state index is 14.0. The van der Waals surface area contributed by atoms with E-state index in [1.54, 1.807) is 12.1 Å². The Kier molecular flexibility index (Phi) is 6.64.